The van der Waals surface area contributed by atoms with Crippen LogP contribution in [0.25, 0.3) is 0 Å². The smallest absolute Gasteiger partial charge is 0.306 e. The zero-order valence-corrected chi connectivity index (χ0v) is 44.0. The molecule has 0 aliphatic carbocycles. The van der Waals surface area contributed by atoms with Crippen LogP contribution in [0.5, 0.6) is 0 Å². The van der Waals surface area contributed by atoms with Crippen LogP contribution in [-0.2, 0) is 33.2 Å². The number of allylic oxidation sites excluding steroid dienone is 4. The molecule has 0 aromatic carbocycles. The van der Waals surface area contributed by atoms with Gasteiger partial charge in [0.1, 0.15) is 54.9 Å². The topological polar surface area (TPSA) is 214 Å². The lowest BCUT2D eigenvalue weighted by Crippen LogP contribution is -2.61. The molecule has 11 atom stereocenters. The summed E-state index contributed by atoms with van der Waals surface area (Å²) in [5.41, 5.74) is 0. The Hall–Kier alpha value is -1.53. The molecule has 2 fully saturated rings. The Labute approximate surface area is 424 Å². The molecule has 70 heavy (non-hydrogen) atoms. The Bertz CT molecular complexity index is 1250. The summed E-state index contributed by atoms with van der Waals surface area (Å²) in [6, 6.07) is 0. The fourth-order valence-electron chi connectivity index (χ4n) is 9.08. The van der Waals surface area contributed by atoms with E-state index >= 15 is 0 Å². The Kier molecular flexibility index (Phi) is 40.4. The second-order valence-corrected chi connectivity index (χ2v) is 20.1. The first-order valence-electron chi connectivity index (χ1n) is 28.4. The van der Waals surface area contributed by atoms with Gasteiger partial charge in [-0.2, -0.15) is 0 Å². The minimum atomic E-state index is -1.71. The van der Waals surface area contributed by atoms with Crippen LogP contribution in [0.15, 0.2) is 24.3 Å². The number of aliphatic hydroxyl groups excluding tert-OH is 7. The minimum Gasteiger partial charge on any atom is -0.457 e. The quantitative estimate of drug-likeness (QED) is 0.0172. The minimum absolute atomic E-state index is 0.0585. The molecular weight excluding hydrogens is 897 g/mol. The lowest BCUT2D eigenvalue weighted by Gasteiger charge is -2.42. The van der Waals surface area contributed by atoms with Gasteiger partial charge in [0.05, 0.1) is 26.4 Å². The molecule has 2 heterocycles. The molecule has 0 spiro atoms. The number of unbranched alkanes of at least 4 members (excludes halogenated alkanes) is 28. The van der Waals surface area contributed by atoms with E-state index in [1.165, 1.54) is 141 Å². The number of carbonyl (C=O) groups excluding carboxylic acids is 1. The van der Waals surface area contributed by atoms with E-state index in [4.69, 9.17) is 28.4 Å². The number of carbonyl (C=O) groups is 1. The van der Waals surface area contributed by atoms with Crippen molar-refractivity contribution in [3.8, 4) is 0 Å². The maximum absolute atomic E-state index is 13.1. The zero-order chi connectivity index (χ0) is 50.9. The predicted octanol–water partition coefficient (Wildman–Crippen LogP) is 9.58. The lowest BCUT2D eigenvalue weighted by molar-refractivity contribution is -0.332. The summed E-state index contributed by atoms with van der Waals surface area (Å²) in [4.78, 5) is 13.1. The van der Waals surface area contributed by atoms with Crippen LogP contribution in [0, 0.1) is 0 Å². The third-order valence-corrected chi connectivity index (χ3v) is 13.7. The molecule has 14 heteroatoms. The van der Waals surface area contributed by atoms with Gasteiger partial charge in [-0.15, -0.1) is 0 Å². The van der Waals surface area contributed by atoms with Gasteiger partial charge in [-0.1, -0.05) is 199 Å². The summed E-state index contributed by atoms with van der Waals surface area (Å²) in [7, 11) is 0. The Balaban J connectivity index is 1.73. The summed E-state index contributed by atoms with van der Waals surface area (Å²) < 4.78 is 34.4. The summed E-state index contributed by atoms with van der Waals surface area (Å²) in [6.07, 6.45) is 32.3. The monoisotopic (exact) mass is 1000 g/mol. The van der Waals surface area contributed by atoms with Crippen molar-refractivity contribution in [1.29, 1.82) is 0 Å². The molecule has 2 aliphatic rings. The van der Waals surface area contributed by atoms with Gasteiger partial charge in [0.2, 0.25) is 0 Å². The number of hydrogen-bond acceptors (Lipinski definition) is 14. The molecule has 7 N–H and O–H groups in total. The number of rotatable bonds is 46. The number of hydrogen-bond donors (Lipinski definition) is 7. The van der Waals surface area contributed by atoms with Gasteiger partial charge < -0.3 is 64.2 Å². The fourth-order valence-corrected chi connectivity index (χ4v) is 9.08. The standard InChI is InChI=1S/C56H104O14/c1-3-5-7-9-11-13-15-17-19-21-22-23-25-27-29-31-33-35-37-39-48(58)68-45(42-65-40-38-36-34-32-30-28-26-24-20-18-16-14-12-10-8-6-4-2)43-66-55-54(64)52(62)50(60)47(70-55)44-67-56-53(63)51(61)49(59)46(41-57)69-56/h14,16,20,24,45-47,49-57,59-64H,3-13,15,17-19,21-23,25-44H2,1-2H3/b16-14-,24-20-. The molecule has 2 aliphatic heterocycles. The van der Waals surface area contributed by atoms with Crippen LogP contribution >= 0.6 is 0 Å². The van der Waals surface area contributed by atoms with Crippen molar-refractivity contribution in [2.45, 2.75) is 293 Å². The molecule has 14 nitrogen and oxygen atoms in total. The first-order valence-corrected chi connectivity index (χ1v) is 28.4. The van der Waals surface area contributed by atoms with Crippen LogP contribution in [0.3, 0.4) is 0 Å². The maximum atomic E-state index is 13.1. The van der Waals surface area contributed by atoms with E-state index in [-0.39, 0.29) is 25.6 Å². The molecule has 0 aromatic rings. The van der Waals surface area contributed by atoms with Crippen molar-refractivity contribution < 1.29 is 69.0 Å². The average molecular weight is 1000 g/mol. The Morgan fingerprint density at radius 3 is 1.39 bits per heavy atom. The van der Waals surface area contributed by atoms with E-state index < -0.39 is 80.7 Å². The highest BCUT2D eigenvalue weighted by Gasteiger charge is 2.47. The summed E-state index contributed by atoms with van der Waals surface area (Å²) in [5, 5.41) is 72.3. The normalized spacial score (nSPS) is 25.6. The highest BCUT2D eigenvalue weighted by Crippen LogP contribution is 2.27. The zero-order valence-electron chi connectivity index (χ0n) is 44.0. The highest BCUT2D eigenvalue weighted by atomic mass is 16.7. The summed E-state index contributed by atoms with van der Waals surface area (Å²) >= 11 is 0. The van der Waals surface area contributed by atoms with Gasteiger partial charge in [0.25, 0.3) is 0 Å². The molecule has 2 rings (SSSR count). The van der Waals surface area contributed by atoms with E-state index in [1.54, 1.807) is 0 Å². The molecule has 0 aromatic heterocycles. The Morgan fingerprint density at radius 2 is 0.886 bits per heavy atom. The fraction of sp³-hybridized carbons (Fsp3) is 0.911. The van der Waals surface area contributed by atoms with Gasteiger partial charge in [-0.3, -0.25) is 4.79 Å². The second-order valence-electron chi connectivity index (χ2n) is 20.1. The molecule has 2 saturated heterocycles. The third kappa shape index (κ3) is 30.6. The van der Waals surface area contributed by atoms with Crippen LogP contribution in [-0.4, -0.2) is 142 Å². The van der Waals surface area contributed by atoms with Crippen molar-refractivity contribution >= 4 is 5.97 Å². The number of ether oxygens (including phenoxy) is 6. The van der Waals surface area contributed by atoms with Crippen LogP contribution in [0.2, 0.25) is 0 Å². The molecule has 11 unspecified atom stereocenters. The average Bonchev–Trinajstić information content (AvgIpc) is 3.36. The van der Waals surface area contributed by atoms with Gasteiger partial charge in [-0.05, 0) is 44.9 Å². The van der Waals surface area contributed by atoms with Gasteiger partial charge >= 0.3 is 5.97 Å². The lowest BCUT2D eigenvalue weighted by atomic mass is 9.98. The molecule has 0 saturated carbocycles. The number of aliphatic hydroxyl groups is 7. The second kappa shape index (κ2) is 43.8. The van der Waals surface area contributed by atoms with Crippen molar-refractivity contribution in [2.24, 2.45) is 0 Å². The molecule has 0 bridgehead atoms. The van der Waals surface area contributed by atoms with Gasteiger partial charge in [0, 0.05) is 13.0 Å². The van der Waals surface area contributed by atoms with Crippen molar-refractivity contribution in [1.82, 2.24) is 0 Å². The molecule has 0 radical (unpaired) electrons. The Morgan fingerprint density at radius 1 is 0.471 bits per heavy atom. The van der Waals surface area contributed by atoms with E-state index in [1.807, 2.05) is 0 Å². The summed E-state index contributed by atoms with van der Waals surface area (Å²) in [5.74, 6) is -0.375. The van der Waals surface area contributed by atoms with E-state index in [2.05, 4.69) is 38.2 Å². The first kappa shape index (κ1) is 64.6. The van der Waals surface area contributed by atoms with E-state index in [0.29, 0.717) is 13.0 Å². The third-order valence-electron chi connectivity index (χ3n) is 13.7. The van der Waals surface area contributed by atoms with Crippen LogP contribution in [0.1, 0.15) is 226 Å². The SMILES string of the molecule is CCCCCC/C=C\C/C=C\CCCCCCCCOCC(COC1OC(COC2OC(CO)C(O)C(O)C2O)C(O)C(O)C1O)OC(=O)CCCCCCCCCCCCCCCCCCCCC. The summed E-state index contributed by atoms with van der Waals surface area (Å²) in [6.45, 7) is 3.69. The maximum Gasteiger partial charge on any atom is 0.306 e. The van der Waals surface area contributed by atoms with E-state index in [0.717, 1.165) is 57.8 Å². The molecule has 0 amide bonds. The van der Waals surface area contributed by atoms with Crippen molar-refractivity contribution in [2.75, 3.05) is 33.0 Å². The highest BCUT2D eigenvalue weighted by molar-refractivity contribution is 5.69. The van der Waals surface area contributed by atoms with Crippen molar-refractivity contribution in [3.05, 3.63) is 24.3 Å². The van der Waals surface area contributed by atoms with Crippen LogP contribution in [0.4, 0.5) is 0 Å². The van der Waals surface area contributed by atoms with Crippen molar-refractivity contribution in [3.63, 3.8) is 0 Å². The molecular formula is C56H104O14. The largest absolute Gasteiger partial charge is 0.457 e. The number of esters is 1. The van der Waals surface area contributed by atoms with Gasteiger partial charge in [-0.25, -0.2) is 0 Å². The predicted molar refractivity (Wildman–Crippen MR) is 275 cm³/mol. The molecule has 412 valence electrons. The van der Waals surface area contributed by atoms with Crippen LogP contribution < -0.4 is 0 Å². The first-order chi connectivity index (χ1) is 34.1. The van der Waals surface area contributed by atoms with Gasteiger partial charge in [0.15, 0.2) is 12.6 Å². The van der Waals surface area contributed by atoms with E-state index in [9.17, 15) is 40.5 Å².